The summed E-state index contributed by atoms with van der Waals surface area (Å²) in [6.45, 7) is 4.52. The summed E-state index contributed by atoms with van der Waals surface area (Å²) in [6, 6.07) is 10.8. The lowest BCUT2D eigenvalue weighted by molar-refractivity contribution is -0.126. The summed E-state index contributed by atoms with van der Waals surface area (Å²) in [7, 11) is 0. The van der Waals surface area contributed by atoms with E-state index in [1.165, 1.54) is 17.0 Å². The molecule has 3 heterocycles. The van der Waals surface area contributed by atoms with Crippen LogP contribution in [0.5, 0.6) is 0 Å². The molecule has 1 spiro atoms. The van der Waals surface area contributed by atoms with Crippen LogP contribution in [0.4, 0.5) is 10.1 Å². The van der Waals surface area contributed by atoms with Gasteiger partial charge in [-0.1, -0.05) is 31.5 Å². The first-order chi connectivity index (χ1) is 15.0. The van der Waals surface area contributed by atoms with Crippen LogP contribution in [0, 0.1) is 5.82 Å². The van der Waals surface area contributed by atoms with Gasteiger partial charge in [0.2, 0.25) is 5.76 Å². The van der Waals surface area contributed by atoms with Crippen molar-refractivity contribution in [2.75, 3.05) is 18.0 Å². The van der Waals surface area contributed by atoms with Gasteiger partial charge in [-0.15, -0.1) is 0 Å². The minimum atomic E-state index is -1.60. The van der Waals surface area contributed by atoms with Crippen LogP contribution >= 0.6 is 0 Å². The zero-order valence-corrected chi connectivity index (χ0v) is 17.3. The van der Waals surface area contributed by atoms with E-state index in [0.29, 0.717) is 30.8 Å². The molecule has 0 aliphatic carbocycles. The van der Waals surface area contributed by atoms with Crippen molar-refractivity contribution in [3.63, 3.8) is 0 Å². The quantitative estimate of drug-likeness (QED) is 0.644. The van der Waals surface area contributed by atoms with Gasteiger partial charge in [-0.3, -0.25) is 14.4 Å². The molecule has 2 aromatic carbocycles. The van der Waals surface area contributed by atoms with E-state index in [2.05, 4.69) is 0 Å². The minimum absolute atomic E-state index is 0.0138. The molecule has 2 amide bonds. The van der Waals surface area contributed by atoms with Crippen molar-refractivity contribution in [3.05, 3.63) is 75.4 Å². The van der Waals surface area contributed by atoms with E-state index in [4.69, 9.17) is 4.42 Å². The molecule has 5 rings (SSSR count). The Balaban J connectivity index is 1.92. The number of hydrogen-bond donors (Lipinski definition) is 0. The van der Waals surface area contributed by atoms with E-state index in [-0.39, 0.29) is 28.2 Å². The van der Waals surface area contributed by atoms with Gasteiger partial charge in [0.05, 0.1) is 16.6 Å². The van der Waals surface area contributed by atoms with E-state index in [0.717, 1.165) is 12.5 Å². The Kier molecular flexibility index (Phi) is 4.25. The second-order valence-electron chi connectivity index (χ2n) is 7.86. The Morgan fingerprint density at radius 3 is 2.58 bits per heavy atom. The average Bonchev–Trinajstić information content (AvgIpc) is 3.17. The SMILES string of the molecule is CCCCN1C(=O)c2oc3ccc(F)cc3c(=O)c2C12C(=O)N(CC)c1ccccc12. The lowest BCUT2D eigenvalue weighted by Crippen LogP contribution is -2.53. The third kappa shape index (κ3) is 2.34. The monoisotopic (exact) mass is 420 g/mol. The molecule has 0 saturated heterocycles. The zero-order chi connectivity index (χ0) is 21.9. The third-order valence-electron chi connectivity index (χ3n) is 6.25. The fourth-order valence-electron chi connectivity index (χ4n) is 4.89. The van der Waals surface area contributed by atoms with Gasteiger partial charge in [-0.25, -0.2) is 4.39 Å². The molecule has 2 aliphatic heterocycles. The number of fused-ring (bicyclic) bond motifs is 5. The van der Waals surface area contributed by atoms with Crippen LogP contribution in [0.3, 0.4) is 0 Å². The number of likely N-dealkylation sites (N-methyl/N-ethyl adjacent to an activating group) is 1. The smallest absolute Gasteiger partial charge is 0.291 e. The summed E-state index contributed by atoms with van der Waals surface area (Å²) in [5.41, 5.74) is -0.805. The normalized spacial score (nSPS) is 19.6. The number of para-hydroxylation sites is 1. The molecular weight excluding hydrogens is 399 g/mol. The van der Waals surface area contributed by atoms with Gasteiger partial charge >= 0.3 is 0 Å². The number of carbonyl (C=O) groups is 2. The van der Waals surface area contributed by atoms with Gasteiger partial charge in [0.25, 0.3) is 11.8 Å². The molecule has 6 nitrogen and oxygen atoms in total. The van der Waals surface area contributed by atoms with Gasteiger partial charge in [0.15, 0.2) is 11.0 Å². The van der Waals surface area contributed by atoms with E-state index < -0.39 is 22.7 Å². The molecule has 2 aliphatic rings. The molecule has 1 unspecified atom stereocenters. The molecule has 1 aromatic heterocycles. The summed E-state index contributed by atoms with van der Waals surface area (Å²) in [5.74, 6) is -1.58. The van der Waals surface area contributed by atoms with Crippen molar-refractivity contribution in [1.82, 2.24) is 4.90 Å². The first-order valence-corrected chi connectivity index (χ1v) is 10.5. The summed E-state index contributed by atoms with van der Waals surface area (Å²) < 4.78 is 19.8. The molecule has 3 aromatic rings. The van der Waals surface area contributed by atoms with Crippen LogP contribution in [0.2, 0.25) is 0 Å². The van der Waals surface area contributed by atoms with Gasteiger partial charge < -0.3 is 14.2 Å². The number of anilines is 1. The number of unbranched alkanes of at least 4 members (excludes halogenated alkanes) is 1. The van der Waals surface area contributed by atoms with Crippen molar-refractivity contribution < 1.29 is 18.4 Å². The number of nitrogens with zero attached hydrogens (tertiary/aromatic N) is 2. The number of halogens is 1. The number of hydrogen-bond acceptors (Lipinski definition) is 4. The average molecular weight is 420 g/mol. The molecule has 0 N–H and O–H groups in total. The number of carbonyl (C=O) groups excluding carboxylic acids is 2. The van der Waals surface area contributed by atoms with Gasteiger partial charge in [-0.2, -0.15) is 0 Å². The highest BCUT2D eigenvalue weighted by atomic mass is 19.1. The van der Waals surface area contributed by atoms with E-state index in [9.17, 15) is 18.8 Å². The second-order valence-corrected chi connectivity index (χ2v) is 7.86. The van der Waals surface area contributed by atoms with Crippen LogP contribution in [0.25, 0.3) is 11.0 Å². The first-order valence-electron chi connectivity index (χ1n) is 10.5. The zero-order valence-electron chi connectivity index (χ0n) is 17.3. The lowest BCUT2D eigenvalue weighted by Gasteiger charge is -2.34. The van der Waals surface area contributed by atoms with Crippen LogP contribution < -0.4 is 10.3 Å². The molecule has 31 heavy (non-hydrogen) atoms. The summed E-state index contributed by atoms with van der Waals surface area (Å²) in [6.07, 6.45) is 1.46. The fourth-order valence-corrected chi connectivity index (χ4v) is 4.89. The molecular formula is C24H21FN2O4. The fraction of sp³-hybridized carbons (Fsp3) is 0.292. The Labute approximate surface area is 177 Å². The molecule has 158 valence electrons. The molecule has 0 radical (unpaired) electrons. The lowest BCUT2D eigenvalue weighted by atomic mass is 9.84. The minimum Gasteiger partial charge on any atom is -0.450 e. The topological polar surface area (TPSA) is 70.8 Å². The molecule has 7 heteroatoms. The second kappa shape index (κ2) is 6.77. The summed E-state index contributed by atoms with van der Waals surface area (Å²) in [5, 5.41) is 0.0171. The molecule has 0 bridgehead atoms. The van der Waals surface area contributed by atoms with Crippen LogP contribution in [-0.4, -0.2) is 29.8 Å². The standard InChI is InChI=1S/C24H21FN2O4/c1-3-5-12-27-22(29)21-19(20(28)15-13-14(25)10-11-18(15)31-21)24(27)16-8-6-7-9-17(16)26(4-2)23(24)30/h6-11,13H,3-5,12H2,1-2H3. The predicted octanol–water partition coefficient (Wildman–Crippen LogP) is 3.80. The maximum absolute atomic E-state index is 14.0. The van der Waals surface area contributed by atoms with Crippen LogP contribution in [0.15, 0.2) is 51.7 Å². The number of rotatable bonds is 4. The molecule has 0 fully saturated rings. The van der Waals surface area contributed by atoms with Crippen molar-refractivity contribution >= 4 is 28.5 Å². The first kappa shape index (κ1) is 19.5. The maximum atomic E-state index is 14.0. The van der Waals surface area contributed by atoms with E-state index in [1.54, 1.807) is 17.0 Å². The van der Waals surface area contributed by atoms with Gasteiger partial charge in [-0.05, 0) is 37.6 Å². The maximum Gasteiger partial charge on any atom is 0.291 e. The van der Waals surface area contributed by atoms with E-state index >= 15 is 0 Å². The van der Waals surface area contributed by atoms with Crippen molar-refractivity contribution in [3.8, 4) is 0 Å². The van der Waals surface area contributed by atoms with Crippen LogP contribution in [-0.2, 0) is 10.3 Å². The molecule has 1 atom stereocenters. The number of benzene rings is 2. The van der Waals surface area contributed by atoms with Crippen LogP contribution in [0.1, 0.15) is 48.4 Å². The summed E-state index contributed by atoms with van der Waals surface area (Å²) >= 11 is 0. The highest BCUT2D eigenvalue weighted by Crippen LogP contribution is 2.52. The Hall–Kier alpha value is -3.48. The highest BCUT2D eigenvalue weighted by Gasteiger charge is 2.64. The van der Waals surface area contributed by atoms with Gasteiger partial charge in [0, 0.05) is 18.7 Å². The Morgan fingerprint density at radius 1 is 1.06 bits per heavy atom. The summed E-state index contributed by atoms with van der Waals surface area (Å²) in [4.78, 5) is 44.2. The third-order valence-corrected chi connectivity index (χ3v) is 6.25. The van der Waals surface area contributed by atoms with Crippen molar-refractivity contribution in [1.29, 1.82) is 0 Å². The predicted molar refractivity (Wildman–Crippen MR) is 114 cm³/mol. The van der Waals surface area contributed by atoms with Crippen molar-refractivity contribution in [2.45, 2.75) is 32.2 Å². The highest BCUT2D eigenvalue weighted by molar-refractivity contribution is 6.17. The Morgan fingerprint density at radius 2 is 1.84 bits per heavy atom. The largest absolute Gasteiger partial charge is 0.450 e. The van der Waals surface area contributed by atoms with Crippen molar-refractivity contribution in [2.24, 2.45) is 0 Å². The Bertz CT molecular complexity index is 1310. The van der Waals surface area contributed by atoms with E-state index in [1.807, 2.05) is 26.0 Å². The number of amides is 2. The van der Waals surface area contributed by atoms with Gasteiger partial charge in [0.1, 0.15) is 11.4 Å². The molecule has 0 saturated carbocycles.